The number of nitrogens with zero attached hydrogens (tertiary/aromatic N) is 1. The number of hydrogen-bond acceptors (Lipinski definition) is 3. The zero-order chi connectivity index (χ0) is 19.9. The Morgan fingerprint density at radius 1 is 1.15 bits per heavy atom. The van der Waals surface area contributed by atoms with E-state index in [9.17, 15) is 22.0 Å². The van der Waals surface area contributed by atoms with Gasteiger partial charge in [-0.2, -0.15) is 0 Å². The van der Waals surface area contributed by atoms with Crippen LogP contribution in [0.1, 0.15) is 36.8 Å². The molecule has 1 amide bonds. The van der Waals surface area contributed by atoms with Crippen molar-refractivity contribution in [3.8, 4) is 0 Å². The van der Waals surface area contributed by atoms with E-state index in [-0.39, 0.29) is 21.8 Å². The summed E-state index contributed by atoms with van der Waals surface area (Å²) in [6.45, 7) is 6.48. The third kappa shape index (κ3) is 4.47. The van der Waals surface area contributed by atoms with E-state index in [2.05, 4.69) is 10.0 Å². The van der Waals surface area contributed by atoms with Crippen LogP contribution in [-0.4, -0.2) is 24.4 Å². The fourth-order valence-corrected chi connectivity index (χ4v) is 3.85. The molecule has 0 fully saturated rings. The van der Waals surface area contributed by atoms with E-state index >= 15 is 0 Å². The number of carbonyl (C=O) groups excluding carboxylic acids is 1. The van der Waals surface area contributed by atoms with E-state index in [0.717, 1.165) is 6.07 Å². The molecule has 2 N–H and O–H groups in total. The summed E-state index contributed by atoms with van der Waals surface area (Å²) in [6, 6.07) is 3.37. The molecule has 0 saturated carbocycles. The third-order valence-electron chi connectivity index (χ3n) is 3.43. The second kappa shape index (κ2) is 6.81. The first-order valence-electron chi connectivity index (χ1n) is 7.77. The van der Waals surface area contributed by atoms with E-state index in [1.807, 2.05) is 0 Å². The molecule has 0 aliphatic carbocycles. The molecule has 0 saturated heterocycles. The van der Waals surface area contributed by atoms with E-state index in [1.54, 1.807) is 20.8 Å². The van der Waals surface area contributed by atoms with Gasteiger partial charge in [0.15, 0.2) is 11.6 Å². The Balaban J connectivity index is 2.30. The maximum Gasteiger partial charge on any atom is 0.272 e. The van der Waals surface area contributed by atoms with Crippen LogP contribution in [-0.2, 0) is 17.1 Å². The molecule has 0 atom stereocenters. The lowest BCUT2D eigenvalue weighted by Gasteiger charge is -2.19. The largest absolute Gasteiger partial charge is 0.345 e. The van der Waals surface area contributed by atoms with Crippen molar-refractivity contribution >= 4 is 21.6 Å². The molecule has 1 aromatic carbocycles. The maximum absolute atomic E-state index is 13.5. The van der Waals surface area contributed by atoms with Crippen molar-refractivity contribution in [2.75, 3.05) is 5.32 Å². The van der Waals surface area contributed by atoms with Gasteiger partial charge in [-0.05, 0) is 45.4 Å². The summed E-state index contributed by atoms with van der Waals surface area (Å²) in [6.07, 6.45) is 1.31. The second-order valence-electron chi connectivity index (χ2n) is 7.07. The summed E-state index contributed by atoms with van der Waals surface area (Å²) in [4.78, 5) is 12.3. The lowest BCUT2D eigenvalue weighted by molar-refractivity contribution is 0.101. The lowest BCUT2D eigenvalue weighted by Crippen LogP contribution is -2.40. The van der Waals surface area contributed by atoms with Gasteiger partial charge in [-0.25, -0.2) is 21.9 Å². The van der Waals surface area contributed by atoms with Crippen molar-refractivity contribution in [2.45, 2.75) is 38.1 Å². The van der Waals surface area contributed by atoms with Crippen molar-refractivity contribution in [3.63, 3.8) is 0 Å². The number of hydrogen-bond donors (Lipinski definition) is 2. The van der Waals surface area contributed by atoms with E-state index in [4.69, 9.17) is 0 Å². The zero-order valence-electron chi connectivity index (χ0n) is 15.1. The van der Waals surface area contributed by atoms with Gasteiger partial charge in [0.1, 0.15) is 10.6 Å². The zero-order valence-corrected chi connectivity index (χ0v) is 16.0. The summed E-state index contributed by atoms with van der Waals surface area (Å²) < 4.78 is 55.4. The Hall–Kier alpha value is -2.26. The summed E-state index contributed by atoms with van der Waals surface area (Å²) in [5.74, 6) is -2.71. The number of amides is 1. The lowest BCUT2D eigenvalue weighted by atomic mass is 10.1. The molecule has 0 bridgehead atoms. The molecule has 0 unspecified atom stereocenters. The quantitative estimate of drug-likeness (QED) is 0.849. The van der Waals surface area contributed by atoms with Crippen LogP contribution in [0.4, 0.5) is 14.5 Å². The van der Waals surface area contributed by atoms with Gasteiger partial charge in [0, 0.05) is 30.5 Å². The van der Waals surface area contributed by atoms with Gasteiger partial charge in [0.05, 0.1) is 0 Å². The van der Waals surface area contributed by atoms with Crippen LogP contribution in [0.5, 0.6) is 0 Å². The van der Waals surface area contributed by atoms with Gasteiger partial charge in [-0.3, -0.25) is 4.79 Å². The van der Waals surface area contributed by atoms with E-state index < -0.39 is 33.1 Å². The third-order valence-corrected chi connectivity index (χ3v) is 5.16. The summed E-state index contributed by atoms with van der Waals surface area (Å²) in [5.41, 5.74) is -0.503. The van der Waals surface area contributed by atoms with Crippen LogP contribution < -0.4 is 10.0 Å². The van der Waals surface area contributed by atoms with Crippen LogP contribution in [0.3, 0.4) is 0 Å². The summed E-state index contributed by atoms with van der Waals surface area (Å²) in [7, 11) is -2.29. The number of aromatic nitrogens is 1. The average molecular weight is 385 g/mol. The molecule has 2 aromatic rings. The topological polar surface area (TPSA) is 80.2 Å². The second-order valence-corrected chi connectivity index (χ2v) is 8.75. The molecule has 2 rings (SSSR count). The minimum absolute atomic E-state index is 0.0461. The Bertz CT molecular complexity index is 937. The number of carbonyl (C=O) groups is 1. The van der Waals surface area contributed by atoms with Crippen molar-refractivity contribution in [3.05, 3.63) is 47.3 Å². The monoisotopic (exact) mass is 385 g/mol. The van der Waals surface area contributed by atoms with Crippen molar-refractivity contribution < 1.29 is 22.0 Å². The molecule has 0 aliphatic rings. The average Bonchev–Trinajstić information content (AvgIpc) is 2.85. The number of sulfonamides is 1. The normalized spacial score (nSPS) is 12.3. The maximum atomic E-state index is 13.5. The highest BCUT2D eigenvalue weighted by Crippen LogP contribution is 2.20. The summed E-state index contributed by atoms with van der Waals surface area (Å²) >= 11 is 0. The Morgan fingerprint density at radius 3 is 2.31 bits per heavy atom. The molecule has 6 nitrogen and oxygen atoms in total. The smallest absolute Gasteiger partial charge is 0.272 e. The van der Waals surface area contributed by atoms with Gasteiger partial charge < -0.3 is 9.88 Å². The Morgan fingerprint density at radius 2 is 1.77 bits per heavy atom. The number of rotatable bonds is 4. The van der Waals surface area contributed by atoms with Crippen LogP contribution >= 0.6 is 0 Å². The van der Waals surface area contributed by atoms with Gasteiger partial charge in [0.25, 0.3) is 5.91 Å². The molecule has 0 radical (unpaired) electrons. The Kier molecular flexibility index (Phi) is 5.25. The number of benzene rings is 1. The predicted octanol–water partition coefficient (Wildman–Crippen LogP) is 2.94. The predicted molar refractivity (Wildman–Crippen MR) is 94.5 cm³/mol. The highest BCUT2D eigenvalue weighted by atomic mass is 32.2. The molecule has 142 valence electrons. The van der Waals surface area contributed by atoms with Gasteiger partial charge >= 0.3 is 0 Å². The number of aryl methyl sites for hydroxylation is 2. The molecule has 1 heterocycles. The first-order chi connectivity index (χ1) is 11.8. The Labute approximate surface area is 151 Å². The van der Waals surface area contributed by atoms with Crippen molar-refractivity contribution in [1.82, 2.24) is 9.29 Å². The first kappa shape index (κ1) is 20.1. The molecular formula is C17H21F2N3O3S. The summed E-state index contributed by atoms with van der Waals surface area (Å²) in [5, 5.41) is 2.44. The van der Waals surface area contributed by atoms with Gasteiger partial charge in [-0.15, -0.1) is 0 Å². The van der Waals surface area contributed by atoms with E-state index in [1.165, 1.54) is 36.9 Å². The molecule has 0 aliphatic heterocycles. The van der Waals surface area contributed by atoms with Crippen molar-refractivity contribution in [1.29, 1.82) is 0 Å². The van der Waals surface area contributed by atoms with Crippen LogP contribution in [0, 0.1) is 18.6 Å². The first-order valence-corrected chi connectivity index (χ1v) is 9.26. The van der Waals surface area contributed by atoms with Crippen molar-refractivity contribution in [2.24, 2.45) is 7.05 Å². The molecule has 0 spiro atoms. The minimum atomic E-state index is -3.81. The number of anilines is 1. The van der Waals surface area contributed by atoms with Gasteiger partial charge in [0.2, 0.25) is 10.0 Å². The van der Waals surface area contributed by atoms with E-state index in [0.29, 0.717) is 0 Å². The standard InChI is InChI=1S/C17H21F2N3O3S/c1-10-6-11(7-13(18)15(10)19)20-16(23)14-8-12(9-22(14)5)26(24,25)21-17(2,3)4/h6-9,21H,1-5H3,(H,20,23). The number of halogens is 2. The fraction of sp³-hybridized carbons (Fsp3) is 0.353. The molecule has 26 heavy (non-hydrogen) atoms. The van der Waals surface area contributed by atoms with Crippen LogP contribution in [0.2, 0.25) is 0 Å². The molecule has 9 heteroatoms. The SMILES string of the molecule is Cc1cc(NC(=O)c2cc(S(=O)(=O)NC(C)(C)C)cn2C)cc(F)c1F. The minimum Gasteiger partial charge on any atom is -0.345 e. The molecule has 1 aromatic heterocycles. The van der Waals surface area contributed by atoms with Gasteiger partial charge in [-0.1, -0.05) is 0 Å². The molecular weight excluding hydrogens is 364 g/mol. The fourth-order valence-electron chi connectivity index (χ4n) is 2.36. The highest BCUT2D eigenvalue weighted by Gasteiger charge is 2.25. The van der Waals surface area contributed by atoms with Crippen LogP contribution in [0.15, 0.2) is 29.3 Å². The van der Waals surface area contributed by atoms with Crippen LogP contribution in [0.25, 0.3) is 0 Å². The highest BCUT2D eigenvalue weighted by molar-refractivity contribution is 7.89. The number of nitrogens with one attached hydrogen (secondary N) is 2.